The van der Waals surface area contributed by atoms with Crippen LogP contribution in [0, 0.1) is 12.7 Å². The van der Waals surface area contributed by atoms with Crippen molar-refractivity contribution < 1.29 is 9.50 Å². The third-order valence-corrected chi connectivity index (χ3v) is 4.46. The summed E-state index contributed by atoms with van der Waals surface area (Å²) in [5.74, 6) is -0.233. The number of rotatable bonds is 7. The van der Waals surface area contributed by atoms with Gasteiger partial charge in [-0.05, 0) is 35.7 Å². The van der Waals surface area contributed by atoms with Crippen LogP contribution in [0.4, 0.5) is 4.39 Å². The fraction of sp³-hybridized carbons (Fsp3) is 0.217. The largest absolute Gasteiger partial charge is 0.387 e. The van der Waals surface area contributed by atoms with Crippen molar-refractivity contribution in [2.45, 2.75) is 26.1 Å². The topological polar surface area (TPSA) is 23.5 Å². The van der Waals surface area contributed by atoms with Crippen LogP contribution >= 0.6 is 0 Å². The minimum atomic E-state index is -0.568. The molecule has 3 rings (SSSR count). The Morgan fingerprint density at radius 1 is 0.808 bits per heavy atom. The highest BCUT2D eigenvalue weighted by atomic mass is 19.1. The molecule has 0 heterocycles. The van der Waals surface area contributed by atoms with Gasteiger partial charge in [-0.2, -0.15) is 0 Å². The zero-order valence-electron chi connectivity index (χ0n) is 15.0. The Morgan fingerprint density at radius 3 is 1.92 bits per heavy atom. The molecule has 3 aromatic rings. The lowest BCUT2D eigenvalue weighted by Gasteiger charge is -2.25. The Balaban J connectivity index is 1.75. The fourth-order valence-corrected chi connectivity index (χ4v) is 3.01. The number of benzene rings is 3. The highest BCUT2D eigenvalue weighted by Crippen LogP contribution is 2.18. The van der Waals surface area contributed by atoms with Crippen LogP contribution in [0.3, 0.4) is 0 Å². The average molecular weight is 349 g/mol. The lowest BCUT2D eigenvalue weighted by molar-refractivity contribution is 0.105. The molecule has 2 nitrogen and oxygen atoms in total. The summed E-state index contributed by atoms with van der Waals surface area (Å²) in [5.41, 5.74) is 4.35. The summed E-state index contributed by atoms with van der Waals surface area (Å²) in [6, 6.07) is 24.7. The summed E-state index contributed by atoms with van der Waals surface area (Å²) < 4.78 is 13.2. The number of halogens is 1. The number of aryl methyl sites for hydroxylation is 1. The fourth-order valence-electron chi connectivity index (χ4n) is 3.01. The molecule has 0 aliphatic carbocycles. The molecule has 0 spiro atoms. The van der Waals surface area contributed by atoms with Gasteiger partial charge in [0.15, 0.2) is 0 Å². The van der Waals surface area contributed by atoms with Crippen molar-refractivity contribution in [1.29, 1.82) is 0 Å². The molecule has 134 valence electrons. The first-order chi connectivity index (χ1) is 12.6. The molecule has 0 aliphatic rings. The molecule has 1 N–H and O–H groups in total. The van der Waals surface area contributed by atoms with Crippen molar-refractivity contribution in [2.75, 3.05) is 6.54 Å². The molecule has 0 amide bonds. The minimum Gasteiger partial charge on any atom is -0.387 e. The van der Waals surface area contributed by atoms with E-state index in [1.54, 1.807) is 12.1 Å². The molecule has 0 radical (unpaired) electrons. The van der Waals surface area contributed by atoms with E-state index in [4.69, 9.17) is 0 Å². The minimum absolute atomic E-state index is 0.233. The predicted molar refractivity (Wildman–Crippen MR) is 103 cm³/mol. The van der Waals surface area contributed by atoms with Gasteiger partial charge in [0.25, 0.3) is 0 Å². The van der Waals surface area contributed by atoms with E-state index < -0.39 is 6.10 Å². The lowest BCUT2D eigenvalue weighted by atomic mass is 10.1. The highest BCUT2D eigenvalue weighted by Gasteiger charge is 2.14. The van der Waals surface area contributed by atoms with E-state index in [0.29, 0.717) is 13.1 Å². The van der Waals surface area contributed by atoms with Gasteiger partial charge < -0.3 is 5.11 Å². The van der Waals surface area contributed by atoms with Gasteiger partial charge in [0.2, 0.25) is 0 Å². The molecule has 1 unspecified atom stereocenters. The van der Waals surface area contributed by atoms with E-state index in [1.807, 2.05) is 30.3 Å². The first-order valence-electron chi connectivity index (χ1n) is 8.85. The molecule has 26 heavy (non-hydrogen) atoms. The van der Waals surface area contributed by atoms with Crippen LogP contribution in [-0.4, -0.2) is 16.6 Å². The van der Waals surface area contributed by atoms with Gasteiger partial charge in [0.1, 0.15) is 5.82 Å². The van der Waals surface area contributed by atoms with E-state index in [0.717, 1.165) is 17.7 Å². The Bertz CT molecular complexity index is 752. The summed E-state index contributed by atoms with van der Waals surface area (Å²) in [6.07, 6.45) is -0.568. The zero-order valence-corrected chi connectivity index (χ0v) is 15.0. The SMILES string of the molecule is Cc1ccc(CN(Cc2ccc(F)cc2)CC(O)c2ccccc2)cc1. The third kappa shape index (κ3) is 5.25. The molecule has 3 aromatic carbocycles. The van der Waals surface area contributed by atoms with Crippen LogP contribution in [0.25, 0.3) is 0 Å². The number of nitrogens with zero attached hydrogens (tertiary/aromatic N) is 1. The number of aliphatic hydroxyl groups is 1. The molecular formula is C23H24FNO. The van der Waals surface area contributed by atoms with Crippen molar-refractivity contribution in [3.63, 3.8) is 0 Å². The van der Waals surface area contributed by atoms with Crippen LogP contribution in [0.15, 0.2) is 78.9 Å². The number of hydrogen-bond acceptors (Lipinski definition) is 2. The first kappa shape index (κ1) is 18.3. The molecule has 0 bridgehead atoms. The van der Waals surface area contributed by atoms with Crippen LogP contribution in [0.2, 0.25) is 0 Å². The second-order valence-electron chi connectivity index (χ2n) is 6.71. The molecule has 1 atom stereocenters. The van der Waals surface area contributed by atoms with Crippen molar-refractivity contribution >= 4 is 0 Å². The number of hydrogen-bond donors (Lipinski definition) is 1. The maximum absolute atomic E-state index is 13.2. The van der Waals surface area contributed by atoms with Gasteiger partial charge in [0, 0.05) is 19.6 Å². The van der Waals surface area contributed by atoms with Gasteiger partial charge in [-0.1, -0.05) is 72.3 Å². The van der Waals surface area contributed by atoms with Crippen molar-refractivity contribution in [1.82, 2.24) is 4.90 Å². The van der Waals surface area contributed by atoms with Crippen LogP contribution < -0.4 is 0 Å². The van der Waals surface area contributed by atoms with E-state index in [9.17, 15) is 9.50 Å². The summed E-state index contributed by atoms with van der Waals surface area (Å²) in [6.45, 7) is 3.95. The second kappa shape index (κ2) is 8.75. The van der Waals surface area contributed by atoms with Gasteiger partial charge in [-0.25, -0.2) is 4.39 Å². The molecular weight excluding hydrogens is 325 g/mol. The molecule has 0 aliphatic heterocycles. The summed E-state index contributed by atoms with van der Waals surface area (Å²) in [5, 5.41) is 10.6. The van der Waals surface area contributed by atoms with E-state index >= 15 is 0 Å². The van der Waals surface area contributed by atoms with Crippen LogP contribution in [-0.2, 0) is 13.1 Å². The molecule has 3 heteroatoms. The standard InChI is InChI=1S/C23H24FNO/c1-18-7-9-19(10-8-18)15-25(16-20-11-13-22(24)14-12-20)17-23(26)21-5-3-2-4-6-21/h2-14,23,26H,15-17H2,1H3. The highest BCUT2D eigenvalue weighted by molar-refractivity contribution is 5.22. The van der Waals surface area contributed by atoms with Gasteiger partial charge >= 0.3 is 0 Å². The molecule has 0 saturated carbocycles. The van der Waals surface area contributed by atoms with Gasteiger partial charge in [-0.3, -0.25) is 4.90 Å². The van der Waals surface area contributed by atoms with Crippen molar-refractivity contribution in [3.05, 3.63) is 107 Å². The van der Waals surface area contributed by atoms with E-state index in [2.05, 4.69) is 36.1 Å². The van der Waals surface area contributed by atoms with Crippen molar-refractivity contribution in [3.8, 4) is 0 Å². The Morgan fingerprint density at radius 2 is 1.35 bits per heavy atom. The Labute approximate surface area is 154 Å². The molecule has 0 fully saturated rings. The van der Waals surface area contributed by atoms with Crippen molar-refractivity contribution in [2.24, 2.45) is 0 Å². The maximum Gasteiger partial charge on any atom is 0.123 e. The average Bonchev–Trinajstić information content (AvgIpc) is 2.66. The summed E-state index contributed by atoms with van der Waals surface area (Å²) in [7, 11) is 0. The van der Waals surface area contributed by atoms with E-state index in [1.165, 1.54) is 23.3 Å². The quantitative estimate of drug-likeness (QED) is 0.658. The molecule has 0 aromatic heterocycles. The zero-order chi connectivity index (χ0) is 18.4. The lowest BCUT2D eigenvalue weighted by Crippen LogP contribution is -2.28. The monoisotopic (exact) mass is 349 g/mol. The van der Waals surface area contributed by atoms with Gasteiger partial charge in [0.05, 0.1) is 6.10 Å². The first-order valence-corrected chi connectivity index (χ1v) is 8.85. The normalized spacial score (nSPS) is 12.3. The van der Waals surface area contributed by atoms with Crippen LogP contribution in [0.1, 0.15) is 28.4 Å². The number of aliphatic hydroxyl groups excluding tert-OH is 1. The molecule has 0 saturated heterocycles. The van der Waals surface area contributed by atoms with E-state index in [-0.39, 0.29) is 5.82 Å². The second-order valence-corrected chi connectivity index (χ2v) is 6.71. The van der Waals surface area contributed by atoms with Crippen LogP contribution in [0.5, 0.6) is 0 Å². The summed E-state index contributed by atoms with van der Waals surface area (Å²) >= 11 is 0. The Kier molecular flexibility index (Phi) is 6.16. The Hall–Kier alpha value is -2.49. The smallest absolute Gasteiger partial charge is 0.123 e. The third-order valence-electron chi connectivity index (χ3n) is 4.46. The van der Waals surface area contributed by atoms with Gasteiger partial charge in [-0.15, -0.1) is 0 Å². The summed E-state index contributed by atoms with van der Waals surface area (Å²) in [4.78, 5) is 2.19. The maximum atomic E-state index is 13.2. The predicted octanol–water partition coefficient (Wildman–Crippen LogP) is 4.87.